The largest absolute Gasteiger partial charge is 0.492 e. The molecule has 0 spiro atoms. The number of rotatable bonds is 6. The third-order valence-corrected chi connectivity index (χ3v) is 3.79. The molecular weight excluding hydrogens is 312 g/mol. The van der Waals surface area contributed by atoms with Crippen LogP contribution in [0.25, 0.3) is 0 Å². The molecule has 0 saturated heterocycles. The lowest BCUT2D eigenvalue weighted by atomic mass is 9.92. The highest BCUT2D eigenvalue weighted by molar-refractivity contribution is 6.32. The number of nitrogens with two attached hydrogens (primary N) is 1. The highest BCUT2D eigenvalue weighted by atomic mass is 35.5. The monoisotopic (exact) mass is 332 g/mol. The Kier molecular flexibility index (Phi) is 5.64. The van der Waals surface area contributed by atoms with Gasteiger partial charge in [-0.1, -0.05) is 48.9 Å². The Morgan fingerprint density at radius 1 is 1.26 bits per heavy atom. The summed E-state index contributed by atoms with van der Waals surface area (Å²) in [4.78, 5) is 12.5. The van der Waals surface area contributed by atoms with Crippen LogP contribution in [-0.4, -0.2) is 12.5 Å². The topological polar surface area (TPSA) is 64.3 Å². The fourth-order valence-corrected chi connectivity index (χ4v) is 2.32. The van der Waals surface area contributed by atoms with Gasteiger partial charge in [0.1, 0.15) is 11.3 Å². The maximum atomic E-state index is 12.5. The Bertz CT molecular complexity index is 672. The van der Waals surface area contributed by atoms with Crippen molar-refractivity contribution in [2.45, 2.75) is 25.8 Å². The first-order chi connectivity index (χ1) is 10.9. The van der Waals surface area contributed by atoms with Crippen molar-refractivity contribution in [2.75, 3.05) is 11.9 Å². The second-order valence-electron chi connectivity index (χ2n) is 5.52. The molecule has 0 bridgehead atoms. The fraction of sp³-hybridized carbons (Fsp3) is 0.278. The second kappa shape index (κ2) is 7.49. The second-order valence-corrected chi connectivity index (χ2v) is 5.92. The van der Waals surface area contributed by atoms with Gasteiger partial charge < -0.3 is 15.8 Å². The van der Waals surface area contributed by atoms with E-state index >= 15 is 0 Å². The van der Waals surface area contributed by atoms with E-state index in [4.69, 9.17) is 22.1 Å². The van der Waals surface area contributed by atoms with Crippen molar-refractivity contribution in [1.29, 1.82) is 0 Å². The molecule has 0 heterocycles. The molecule has 0 aliphatic carbocycles. The predicted octanol–water partition coefficient (Wildman–Crippen LogP) is 3.94. The van der Waals surface area contributed by atoms with Crippen LogP contribution in [0.1, 0.15) is 25.8 Å². The summed E-state index contributed by atoms with van der Waals surface area (Å²) in [7, 11) is 0. The van der Waals surface area contributed by atoms with Gasteiger partial charge in [-0.05, 0) is 37.1 Å². The molecule has 2 rings (SSSR count). The number of ether oxygens (including phenoxy) is 1. The summed E-state index contributed by atoms with van der Waals surface area (Å²) in [5.41, 5.74) is 6.38. The minimum atomic E-state index is -1.13. The number of nitrogens with one attached hydrogen (secondary N) is 1. The molecule has 0 aliphatic rings. The van der Waals surface area contributed by atoms with Crippen molar-refractivity contribution in [2.24, 2.45) is 5.73 Å². The molecule has 0 aromatic heterocycles. The van der Waals surface area contributed by atoms with Crippen LogP contribution < -0.4 is 15.8 Å². The Morgan fingerprint density at radius 3 is 2.57 bits per heavy atom. The normalized spacial score (nSPS) is 13.2. The van der Waals surface area contributed by atoms with Crippen molar-refractivity contribution in [3.63, 3.8) is 0 Å². The van der Waals surface area contributed by atoms with E-state index in [1.807, 2.05) is 37.3 Å². The number of benzene rings is 2. The van der Waals surface area contributed by atoms with E-state index in [9.17, 15) is 4.79 Å². The van der Waals surface area contributed by atoms with E-state index in [0.29, 0.717) is 23.1 Å². The quantitative estimate of drug-likeness (QED) is 0.842. The van der Waals surface area contributed by atoms with E-state index in [1.54, 1.807) is 25.1 Å². The number of halogens is 1. The highest BCUT2D eigenvalue weighted by Crippen LogP contribution is 2.28. The summed E-state index contributed by atoms with van der Waals surface area (Å²) in [6.45, 7) is 4.30. The lowest BCUT2D eigenvalue weighted by Gasteiger charge is -2.24. The zero-order valence-corrected chi connectivity index (χ0v) is 14.1. The molecule has 3 N–H and O–H groups in total. The van der Waals surface area contributed by atoms with Crippen molar-refractivity contribution in [1.82, 2.24) is 0 Å². The van der Waals surface area contributed by atoms with Gasteiger partial charge in [-0.25, -0.2) is 0 Å². The van der Waals surface area contributed by atoms with Gasteiger partial charge in [-0.2, -0.15) is 0 Å². The molecular formula is C18H21ClN2O2. The molecule has 1 amide bonds. The van der Waals surface area contributed by atoms with Crippen molar-refractivity contribution >= 4 is 23.2 Å². The minimum Gasteiger partial charge on any atom is -0.492 e. The van der Waals surface area contributed by atoms with Crippen LogP contribution in [0.3, 0.4) is 0 Å². The van der Waals surface area contributed by atoms with Gasteiger partial charge in [0.05, 0.1) is 11.6 Å². The first kappa shape index (κ1) is 17.3. The van der Waals surface area contributed by atoms with Gasteiger partial charge in [0.25, 0.3) is 0 Å². The van der Waals surface area contributed by atoms with Gasteiger partial charge in [0, 0.05) is 5.69 Å². The zero-order valence-electron chi connectivity index (χ0n) is 13.3. The van der Waals surface area contributed by atoms with Crippen LogP contribution >= 0.6 is 11.6 Å². The molecule has 4 nitrogen and oxygen atoms in total. The molecule has 0 saturated carbocycles. The molecule has 2 aromatic rings. The number of hydrogen-bond donors (Lipinski definition) is 2. The lowest BCUT2D eigenvalue weighted by molar-refractivity contribution is -0.120. The third-order valence-electron chi connectivity index (χ3n) is 3.50. The van der Waals surface area contributed by atoms with Crippen molar-refractivity contribution in [3.8, 4) is 5.75 Å². The smallest absolute Gasteiger partial charge is 0.248 e. The Hall–Kier alpha value is -2.04. The Labute approximate surface area is 141 Å². The first-order valence-electron chi connectivity index (χ1n) is 7.53. The minimum absolute atomic E-state index is 0.304. The molecule has 122 valence electrons. The number of amides is 1. The van der Waals surface area contributed by atoms with Crippen LogP contribution in [0.2, 0.25) is 5.02 Å². The molecule has 0 aliphatic heterocycles. The summed E-state index contributed by atoms with van der Waals surface area (Å²) in [5, 5.41) is 3.25. The van der Waals surface area contributed by atoms with Gasteiger partial charge >= 0.3 is 0 Å². The summed E-state index contributed by atoms with van der Waals surface area (Å²) < 4.78 is 5.51. The van der Waals surface area contributed by atoms with Crippen LogP contribution in [0.15, 0.2) is 48.5 Å². The number of carbonyl (C=O) groups excluding carboxylic acids is 1. The Balaban J connectivity index is 2.12. The lowest BCUT2D eigenvalue weighted by Crippen LogP contribution is -2.45. The summed E-state index contributed by atoms with van der Waals surface area (Å²) in [5.74, 6) is 0.298. The van der Waals surface area contributed by atoms with Gasteiger partial charge in [-0.3, -0.25) is 4.79 Å². The summed E-state index contributed by atoms with van der Waals surface area (Å²) >= 11 is 6.17. The molecule has 1 unspecified atom stereocenters. The van der Waals surface area contributed by atoms with Crippen molar-refractivity contribution in [3.05, 3.63) is 59.1 Å². The average Bonchev–Trinajstić information content (AvgIpc) is 2.55. The molecule has 0 radical (unpaired) electrons. The zero-order chi connectivity index (χ0) is 16.9. The van der Waals surface area contributed by atoms with Crippen LogP contribution in [0.5, 0.6) is 5.75 Å². The Morgan fingerprint density at radius 2 is 1.96 bits per heavy atom. The van der Waals surface area contributed by atoms with Gasteiger partial charge in [0.15, 0.2) is 0 Å². The fourth-order valence-electron chi connectivity index (χ4n) is 2.08. The molecule has 23 heavy (non-hydrogen) atoms. The van der Waals surface area contributed by atoms with E-state index in [-0.39, 0.29) is 5.91 Å². The van der Waals surface area contributed by atoms with Crippen LogP contribution in [0.4, 0.5) is 5.69 Å². The molecule has 5 heteroatoms. The molecule has 2 aromatic carbocycles. The molecule has 0 fully saturated rings. The standard InChI is InChI=1S/C18H21ClN2O2/c1-3-11-23-16-10-9-14(12-15(16)19)21-17(22)18(2,20)13-7-5-4-6-8-13/h4-10,12H,3,11,20H2,1-2H3,(H,21,22). The number of anilines is 1. The van der Waals surface area contributed by atoms with E-state index in [1.165, 1.54) is 0 Å². The summed E-state index contributed by atoms with van der Waals surface area (Å²) in [6, 6.07) is 14.4. The SMILES string of the molecule is CCCOc1ccc(NC(=O)C(C)(N)c2ccccc2)cc1Cl. The maximum Gasteiger partial charge on any atom is 0.248 e. The highest BCUT2D eigenvalue weighted by Gasteiger charge is 2.30. The van der Waals surface area contributed by atoms with Gasteiger partial charge in [0.2, 0.25) is 5.91 Å². The summed E-state index contributed by atoms with van der Waals surface area (Å²) in [6.07, 6.45) is 0.900. The van der Waals surface area contributed by atoms with Crippen LogP contribution in [0, 0.1) is 0 Å². The van der Waals surface area contributed by atoms with Gasteiger partial charge in [-0.15, -0.1) is 0 Å². The first-order valence-corrected chi connectivity index (χ1v) is 7.91. The predicted molar refractivity (Wildman–Crippen MR) is 93.8 cm³/mol. The molecule has 1 atom stereocenters. The van der Waals surface area contributed by atoms with E-state index < -0.39 is 5.54 Å². The number of hydrogen-bond acceptors (Lipinski definition) is 3. The van der Waals surface area contributed by atoms with Crippen LogP contribution in [-0.2, 0) is 10.3 Å². The van der Waals surface area contributed by atoms with E-state index in [0.717, 1.165) is 12.0 Å². The third kappa shape index (κ3) is 4.24. The average molecular weight is 333 g/mol. The number of carbonyl (C=O) groups is 1. The van der Waals surface area contributed by atoms with E-state index in [2.05, 4.69) is 5.32 Å². The maximum absolute atomic E-state index is 12.5. The van der Waals surface area contributed by atoms with Crippen molar-refractivity contribution < 1.29 is 9.53 Å².